The Morgan fingerprint density at radius 2 is 1.93 bits per heavy atom. The predicted octanol–water partition coefficient (Wildman–Crippen LogP) is 6.24. The fraction of sp³-hybridized carbons (Fsp3) is 0.241. The number of carbonyl (C=O) groups excluding carboxylic acids is 2. The number of nitrogens with one attached hydrogen (secondary N) is 4. The zero-order chi connectivity index (χ0) is 29.7. The van der Waals surface area contributed by atoms with E-state index in [1.165, 1.54) is 18.3 Å². The van der Waals surface area contributed by atoms with Crippen LogP contribution in [0.4, 0.5) is 35.5 Å². The molecule has 1 saturated heterocycles. The van der Waals surface area contributed by atoms with E-state index in [1.54, 1.807) is 37.4 Å². The Labute approximate surface area is 243 Å². The average molecular weight is 597 g/mol. The van der Waals surface area contributed by atoms with Crippen molar-refractivity contribution >= 4 is 45.5 Å². The van der Waals surface area contributed by atoms with E-state index in [0.717, 1.165) is 42.9 Å². The van der Waals surface area contributed by atoms with Crippen LogP contribution in [0.2, 0.25) is 0 Å². The molecule has 0 spiro atoms. The second-order valence-corrected chi connectivity index (χ2v) is 10.7. The summed E-state index contributed by atoms with van der Waals surface area (Å²) in [5.74, 6) is -0.617. The van der Waals surface area contributed by atoms with Gasteiger partial charge in [-0.15, -0.1) is 0 Å². The van der Waals surface area contributed by atoms with Gasteiger partial charge in [0, 0.05) is 29.2 Å². The summed E-state index contributed by atoms with van der Waals surface area (Å²) in [5, 5.41) is 12.2. The first-order valence-electron chi connectivity index (χ1n) is 13.1. The fourth-order valence-corrected chi connectivity index (χ4v) is 5.00. The molecule has 1 fully saturated rings. The first-order valence-corrected chi connectivity index (χ1v) is 13.9. The van der Waals surface area contributed by atoms with Gasteiger partial charge >= 0.3 is 6.18 Å². The van der Waals surface area contributed by atoms with Gasteiger partial charge in [-0.3, -0.25) is 9.59 Å². The zero-order valence-electron chi connectivity index (χ0n) is 22.4. The van der Waals surface area contributed by atoms with E-state index in [1.807, 2.05) is 6.07 Å². The van der Waals surface area contributed by atoms with Crippen molar-refractivity contribution in [2.45, 2.75) is 32.0 Å². The molecule has 2 aromatic heterocycles. The van der Waals surface area contributed by atoms with Gasteiger partial charge < -0.3 is 26.0 Å². The van der Waals surface area contributed by atoms with Crippen molar-refractivity contribution in [3.8, 4) is 5.75 Å². The Kier molecular flexibility index (Phi) is 8.69. The van der Waals surface area contributed by atoms with Crippen molar-refractivity contribution in [1.29, 1.82) is 0 Å². The topological polar surface area (TPSA) is 117 Å². The van der Waals surface area contributed by atoms with Crippen molar-refractivity contribution in [2.75, 3.05) is 29.1 Å². The molecule has 42 heavy (non-hydrogen) atoms. The van der Waals surface area contributed by atoms with E-state index in [2.05, 4.69) is 31.2 Å². The number of halogens is 3. The van der Waals surface area contributed by atoms with Gasteiger partial charge in [0.25, 0.3) is 11.8 Å². The molecule has 0 bridgehead atoms. The summed E-state index contributed by atoms with van der Waals surface area (Å²) in [4.78, 5) is 34.7. The molecule has 2 aromatic carbocycles. The smallest absolute Gasteiger partial charge is 0.416 e. The molecule has 1 aliphatic heterocycles. The zero-order valence-corrected chi connectivity index (χ0v) is 23.2. The van der Waals surface area contributed by atoms with Gasteiger partial charge in [0.1, 0.15) is 23.1 Å². The minimum Gasteiger partial charge on any atom is -0.492 e. The Hall–Kier alpha value is -4.49. The molecule has 4 N–H and O–H groups in total. The number of ether oxygens (including phenoxy) is 1. The summed E-state index contributed by atoms with van der Waals surface area (Å²) in [6.07, 6.45) is 0.239. The van der Waals surface area contributed by atoms with E-state index in [-0.39, 0.29) is 29.6 Å². The number of anilines is 4. The van der Waals surface area contributed by atoms with Crippen LogP contribution in [0.3, 0.4) is 0 Å². The summed E-state index contributed by atoms with van der Waals surface area (Å²) in [6.45, 7) is 2.80. The van der Waals surface area contributed by atoms with Crippen LogP contribution in [0.15, 0.2) is 67.0 Å². The molecule has 0 saturated carbocycles. The highest BCUT2D eigenvalue weighted by Gasteiger charge is 2.32. The fourth-order valence-electron chi connectivity index (χ4n) is 4.28. The number of pyridine rings is 1. The lowest BCUT2D eigenvalue weighted by Gasteiger charge is -2.16. The van der Waals surface area contributed by atoms with Gasteiger partial charge in [-0.1, -0.05) is 23.5 Å². The summed E-state index contributed by atoms with van der Waals surface area (Å²) >= 11 is 1.14. The quantitative estimate of drug-likeness (QED) is 0.181. The van der Waals surface area contributed by atoms with Crippen LogP contribution in [0, 0.1) is 6.92 Å². The van der Waals surface area contributed by atoms with Crippen molar-refractivity contribution in [2.24, 2.45) is 0 Å². The van der Waals surface area contributed by atoms with Gasteiger partial charge in [-0.05, 0) is 74.3 Å². The van der Waals surface area contributed by atoms with Crippen molar-refractivity contribution < 1.29 is 27.5 Å². The summed E-state index contributed by atoms with van der Waals surface area (Å²) in [6, 6.07) is 13.2. The number of hydrogen-bond donors (Lipinski definition) is 4. The Morgan fingerprint density at radius 3 is 2.67 bits per heavy atom. The number of hydrogen-bond acceptors (Lipinski definition) is 8. The van der Waals surface area contributed by atoms with Gasteiger partial charge in [-0.25, -0.2) is 9.97 Å². The lowest BCUT2D eigenvalue weighted by atomic mass is 10.1. The summed E-state index contributed by atoms with van der Waals surface area (Å²) in [5.41, 5.74) is 0.235. The van der Waals surface area contributed by atoms with Gasteiger partial charge in [0.2, 0.25) is 0 Å². The number of aromatic nitrogens is 2. The summed E-state index contributed by atoms with van der Waals surface area (Å²) in [7, 11) is 0. The van der Waals surface area contributed by atoms with Crippen LogP contribution in [-0.4, -0.2) is 41.0 Å². The average Bonchev–Trinajstić information content (AvgIpc) is 3.66. The first kappa shape index (κ1) is 29.0. The van der Waals surface area contributed by atoms with Crippen molar-refractivity contribution in [1.82, 2.24) is 15.3 Å². The molecule has 1 atom stereocenters. The molecule has 3 heterocycles. The molecule has 0 aliphatic carbocycles. The third-order valence-corrected chi connectivity index (χ3v) is 7.39. The van der Waals surface area contributed by atoms with Crippen molar-refractivity contribution in [3.63, 3.8) is 0 Å². The normalized spacial score (nSPS) is 14.8. The van der Waals surface area contributed by atoms with Gasteiger partial charge in [0.05, 0.1) is 11.8 Å². The van der Waals surface area contributed by atoms with E-state index < -0.39 is 23.6 Å². The molecular weight excluding hydrogens is 569 g/mol. The molecule has 2 amide bonds. The molecule has 4 aromatic rings. The molecule has 5 rings (SSSR count). The molecule has 218 valence electrons. The number of amides is 2. The number of thiazole rings is 1. The monoisotopic (exact) mass is 596 g/mol. The first-order chi connectivity index (χ1) is 20.1. The standard InChI is InChI=1S/C29H27F3N6O3S/c1-17-7-8-20(14-23(17)37-27(40)24-15-35-28(42-24)38-25-6-2-3-9-34-25)36-26(39)18-11-19(29(30,31)32)13-22(12-18)41-16-21-5-4-10-33-21/h2-3,6-9,11-15,21,33H,4-5,10,16H2,1H3,(H,36,39)(H,37,40)(H,34,35,38)/t21-/m0/s1. The van der Waals surface area contributed by atoms with E-state index in [0.29, 0.717) is 27.1 Å². The summed E-state index contributed by atoms with van der Waals surface area (Å²) < 4.78 is 46.4. The van der Waals surface area contributed by atoms with Crippen LogP contribution < -0.4 is 26.0 Å². The Morgan fingerprint density at radius 1 is 1.07 bits per heavy atom. The molecule has 1 aliphatic rings. The van der Waals surface area contributed by atoms with Crippen LogP contribution in [0.25, 0.3) is 0 Å². The van der Waals surface area contributed by atoms with Crippen molar-refractivity contribution in [3.05, 3.63) is 88.6 Å². The number of nitrogens with zero attached hydrogens (tertiary/aromatic N) is 2. The van der Waals surface area contributed by atoms with Gasteiger partial charge in [-0.2, -0.15) is 13.2 Å². The predicted molar refractivity (Wildman–Crippen MR) is 155 cm³/mol. The molecule has 13 heteroatoms. The van der Waals surface area contributed by atoms with E-state index in [4.69, 9.17) is 4.74 Å². The lowest BCUT2D eigenvalue weighted by Crippen LogP contribution is -2.28. The van der Waals surface area contributed by atoms with Crippen LogP contribution >= 0.6 is 11.3 Å². The van der Waals surface area contributed by atoms with Crippen LogP contribution in [-0.2, 0) is 6.18 Å². The minimum atomic E-state index is -4.66. The SMILES string of the molecule is Cc1ccc(NC(=O)c2cc(OC[C@@H]3CCCN3)cc(C(F)(F)F)c2)cc1NC(=O)c1cnc(Nc2ccccn2)s1. The third kappa shape index (κ3) is 7.42. The lowest BCUT2D eigenvalue weighted by molar-refractivity contribution is -0.137. The molecular formula is C29H27F3N6O3S. The molecule has 0 unspecified atom stereocenters. The minimum absolute atomic E-state index is 0.0398. The number of alkyl halides is 3. The highest BCUT2D eigenvalue weighted by Crippen LogP contribution is 2.33. The second kappa shape index (κ2) is 12.6. The Balaban J connectivity index is 1.28. The maximum absolute atomic E-state index is 13.6. The number of rotatable bonds is 9. The van der Waals surface area contributed by atoms with Crippen LogP contribution in [0.1, 0.15) is 44.0 Å². The Bertz CT molecular complexity index is 1570. The van der Waals surface area contributed by atoms with E-state index in [9.17, 15) is 22.8 Å². The number of carbonyl (C=O) groups is 2. The van der Waals surface area contributed by atoms with E-state index >= 15 is 0 Å². The number of aryl methyl sites for hydroxylation is 1. The maximum Gasteiger partial charge on any atom is 0.416 e. The maximum atomic E-state index is 13.6. The highest BCUT2D eigenvalue weighted by molar-refractivity contribution is 7.17. The molecule has 0 radical (unpaired) electrons. The molecule has 9 nitrogen and oxygen atoms in total. The largest absolute Gasteiger partial charge is 0.492 e. The second-order valence-electron chi connectivity index (χ2n) is 9.66. The third-order valence-electron chi connectivity index (χ3n) is 6.48. The van der Waals surface area contributed by atoms with Crippen LogP contribution in [0.5, 0.6) is 5.75 Å². The number of benzene rings is 2. The highest BCUT2D eigenvalue weighted by atomic mass is 32.1. The van der Waals surface area contributed by atoms with Gasteiger partial charge in [0.15, 0.2) is 5.13 Å².